The minimum Gasteiger partial charge on any atom is -0.343 e. The molecule has 0 atom stereocenters. The summed E-state index contributed by atoms with van der Waals surface area (Å²) in [6.45, 7) is 0.0638. The zero-order valence-electron chi connectivity index (χ0n) is 4.44. The smallest absolute Gasteiger partial charge is 0.343 e. The molecule has 2 nitrogen and oxygen atoms in total. The van der Waals surface area contributed by atoms with Crippen LogP contribution in [0.15, 0.2) is 0 Å². The van der Waals surface area contributed by atoms with E-state index >= 15 is 0 Å². The number of halogens is 3. The maximum Gasteiger partial charge on any atom is 0.440 e. The molecule has 0 aromatic rings. The van der Waals surface area contributed by atoms with Crippen LogP contribution in [0, 0.1) is 0 Å². The highest BCUT2D eigenvalue weighted by Crippen LogP contribution is 2.25. The van der Waals surface area contributed by atoms with Crippen molar-refractivity contribution in [2.45, 2.75) is 12.5 Å². The van der Waals surface area contributed by atoms with Crippen LogP contribution >= 0.6 is 0 Å². The van der Waals surface area contributed by atoms with Crippen molar-refractivity contribution in [2.75, 3.05) is 13.2 Å². The Balaban J connectivity index is 2.42. The molecule has 0 N–H and O–H groups in total. The molecule has 1 heterocycles. The van der Waals surface area contributed by atoms with Gasteiger partial charge in [0.1, 0.15) is 0 Å². The molecule has 0 bridgehead atoms. The molecule has 0 spiro atoms. The molecular formula is C4H5F3O2. The van der Waals surface area contributed by atoms with Gasteiger partial charge in [-0.05, 0) is 0 Å². The topological polar surface area (TPSA) is 18.5 Å². The molecule has 9 heavy (non-hydrogen) atoms. The molecule has 5 heteroatoms. The Bertz CT molecular complexity index is 94.5. The Morgan fingerprint density at radius 2 is 1.56 bits per heavy atom. The van der Waals surface area contributed by atoms with Crippen LogP contribution in [0.3, 0.4) is 0 Å². The standard InChI is InChI=1S/C4H5F3O2/c5-4(6,7)3-8-1-2-9-3/h3H,1-2H2. The van der Waals surface area contributed by atoms with Gasteiger partial charge >= 0.3 is 6.18 Å². The lowest BCUT2D eigenvalue weighted by molar-refractivity contribution is -0.272. The normalized spacial score (nSPS) is 23.0. The minimum absolute atomic E-state index is 0.0319. The summed E-state index contributed by atoms with van der Waals surface area (Å²) in [4.78, 5) is 0. The maximum absolute atomic E-state index is 11.5. The molecule has 1 rings (SSSR count). The largest absolute Gasteiger partial charge is 0.440 e. The molecule has 1 fully saturated rings. The number of ether oxygens (including phenoxy) is 2. The minimum atomic E-state index is -4.36. The summed E-state index contributed by atoms with van der Waals surface area (Å²) in [5.74, 6) is 0. The summed E-state index contributed by atoms with van der Waals surface area (Å²) in [5, 5.41) is 0. The second-order valence-electron chi connectivity index (χ2n) is 1.62. The van der Waals surface area contributed by atoms with E-state index in [1.807, 2.05) is 0 Å². The molecule has 0 radical (unpaired) electrons. The van der Waals surface area contributed by atoms with Crippen LogP contribution < -0.4 is 0 Å². The van der Waals surface area contributed by atoms with Gasteiger partial charge in [0.2, 0.25) is 0 Å². The van der Waals surface area contributed by atoms with Gasteiger partial charge in [-0.25, -0.2) is 0 Å². The molecule has 0 saturated carbocycles. The first-order chi connectivity index (χ1) is 4.11. The van der Waals surface area contributed by atoms with E-state index in [-0.39, 0.29) is 13.2 Å². The lowest BCUT2D eigenvalue weighted by Gasteiger charge is -2.11. The van der Waals surface area contributed by atoms with Crippen molar-refractivity contribution in [2.24, 2.45) is 0 Å². The third-order valence-electron chi connectivity index (χ3n) is 0.889. The molecule has 1 aliphatic rings. The van der Waals surface area contributed by atoms with E-state index in [1.54, 1.807) is 0 Å². The monoisotopic (exact) mass is 142 g/mol. The van der Waals surface area contributed by atoms with Gasteiger partial charge in [0.05, 0.1) is 13.2 Å². The van der Waals surface area contributed by atoms with Gasteiger partial charge in [0.15, 0.2) is 0 Å². The molecule has 0 aromatic heterocycles. The number of hydrogen-bond donors (Lipinski definition) is 0. The van der Waals surface area contributed by atoms with Gasteiger partial charge in [-0.2, -0.15) is 13.2 Å². The highest BCUT2D eigenvalue weighted by Gasteiger charge is 2.44. The van der Waals surface area contributed by atoms with E-state index in [0.29, 0.717) is 0 Å². The van der Waals surface area contributed by atoms with E-state index in [1.165, 1.54) is 0 Å². The van der Waals surface area contributed by atoms with Gasteiger partial charge in [-0.15, -0.1) is 0 Å². The van der Waals surface area contributed by atoms with Crippen LogP contribution in [0.25, 0.3) is 0 Å². The molecule has 0 amide bonds. The first-order valence-electron chi connectivity index (χ1n) is 2.40. The first-order valence-corrected chi connectivity index (χ1v) is 2.40. The quantitative estimate of drug-likeness (QED) is 0.500. The average molecular weight is 142 g/mol. The summed E-state index contributed by atoms with van der Waals surface area (Å²) in [6, 6.07) is 0. The number of rotatable bonds is 0. The zero-order chi connectivity index (χ0) is 6.91. The lowest BCUT2D eigenvalue weighted by atomic mass is 10.6. The molecular weight excluding hydrogens is 137 g/mol. The van der Waals surface area contributed by atoms with Gasteiger partial charge in [-0.3, -0.25) is 0 Å². The van der Waals surface area contributed by atoms with Crippen molar-refractivity contribution in [3.63, 3.8) is 0 Å². The van der Waals surface area contributed by atoms with Crippen molar-refractivity contribution < 1.29 is 22.6 Å². The fourth-order valence-corrected chi connectivity index (χ4v) is 0.547. The van der Waals surface area contributed by atoms with Crippen LogP contribution in [-0.2, 0) is 9.47 Å². The molecule has 1 saturated heterocycles. The van der Waals surface area contributed by atoms with Crippen LogP contribution in [0.5, 0.6) is 0 Å². The summed E-state index contributed by atoms with van der Waals surface area (Å²) >= 11 is 0. The Hall–Kier alpha value is -0.290. The molecule has 0 unspecified atom stereocenters. The highest BCUT2D eigenvalue weighted by atomic mass is 19.4. The zero-order valence-corrected chi connectivity index (χ0v) is 4.44. The van der Waals surface area contributed by atoms with Gasteiger partial charge in [-0.1, -0.05) is 0 Å². The third kappa shape index (κ3) is 1.56. The summed E-state index contributed by atoms with van der Waals surface area (Å²) in [7, 11) is 0. The predicted molar refractivity (Wildman–Crippen MR) is 21.7 cm³/mol. The molecule has 0 aliphatic carbocycles. The fraction of sp³-hybridized carbons (Fsp3) is 1.00. The van der Waals surface area contributed by atoms with E-state index in [2.05, 4.69) is 9.47 Å². The summed E-state index contributed by atoms with van der Waals surface area (Å²) < 4.78 is 42.9. The van der Waals surface area contributed by atoms with Crippen molar-refractivity contribution in [1.29, 1.82) is 0 Å². The Kier molecular flexibility index (Phi) is 1.63. The Morgan fingerprint density at radius 1 is 1.11 bits per heavy atom. The third-order valence-corrected chi connectivity index (χ3v) is 0.889. The maximum atomic E-state index is 11.5. The summed E-state index contributed by atoms with van der Waals surface area (Å²) in [5.41, 5.74) is 0. The van der Waals surface area contributed by atoms with Gasteiger partial charge < -0.3 is 9.47 Å². The van der Waals surface area contributed by atoms with Gasteiger partial charge in [0.25, 0.3) is 6.29 Å². The van der Waals surface area contributed by atoms with Gasteiger partial charge in [0, 0.05) is 0 Å². The highest BCUT2D eigenvalue weighted by molar-refractivity contribution is 4.60. The molecule has 54 valence electrons. The van der Waals surface area contributed by atoms with Crippen LogP contribution in [-0.4, -0.2) is 25.7 Å². The van der Waals surface area contributed by atoms with Crippen molar-refractivity contribution in [3.8, 4) is 0 Å². The second-order valence-corrected chi connectivity index (χ2v) is 1.62. The fourth-order valence-electron chi connectivity index (χ4n) is 0.547. The van der Waals surface area contributed by atoms with E-state index in [9.17, 15) is 13.2 Å². The van der Waals surface area contributed by atoms with Crippen molar-refractivity contribution >= 4 is 0 Å². The number of hydrogen-bond acceptors (Lipinski definition) is 2. The van der Waals surface area contributed by atoms with E-state index < -0.39 is 12.5 Å². The van der Waals surface area contributed by atoms with Crippen LogP contribution in [0.1, 0.15) is 0 Å². The Labute approximate surface area is 49.6 Å². The van der Waals surface area contributed by atoms with E-state index in [0.717, 1.165) is 0 Å². The second kappa shape index (κ2) is 2.15. The lowest BCUT2D eigenvalue weighted by Crippen LogP contribution is -2.29. The number of alkyl halides is 3. The average Bonchev–Trinajstić information content (AvgIpc) is 2.08. The SMILES string of the molecule is FC(F)(F)C1OCCO1. The van der Waals surface area contributed by atoms with E-state index in [4.69, 9.17) is 0 Å². The van der Waals surface area contributed by atoms with Crippen LogP contribution in [0.4, 0.5) is 13.2 Å². The first kappa shape index (κ1) is 6.82. The van der Waals surface area contributed by atoms with Crippen molar-refractivity contribution in [1.82, 2.24) is 0 Å². The molecule has 0 aromatic carbocycles. The molecule has 1 aliphatic heterocycles. The van der Waals surface area contributed by atoms with Crippen LogP contribution in [0.2, 0.25) is 0 Å². The van der Waals surface area contributed by atoms with Crippen molar-refractivity contribution in [3.05, 3.63) is 0 Å². The predicted octanol–water partition coefficient (Wildman–Crippen LogP) is 0.922. The Morgan fingerprint density at radius 3 is 1.78 bits per heavy atom. The summed E-state index contributed by atoms with van der Waals surface area (Å²) in [6.07, 6.45) is -6.35.